The molecule has 1 aromatic carbocycles. The Balaban J connectivity index is 2.17. The molecule has 0 unspecified atom stereocenters. The molecule has 0 radical (unpaired) electrons. The molecular weight excluding hydrogens is 295 g/mol. The quantitative estimate of drug-likeness (QED) is 0.805. The summed E-state index contributed by atoms with van der Waals surface area (Å²) in [6.07, 6.45) is 3.50. The molecule has 23 heavy (non-hydrogen) atoms. The molecule has 0 saturated carbocycles. The fourth-order valence-corrected chi connectivity index (χ4v) is 2.62. The molecule has 2 aromatic heterocycles. The molecule has 1 N–H and O–H groups in total. The van der Waals surface area contributed by atoms with Crippen molar-refractivity contribution in [1.82, 2.24) is 14.5 Å². The molecule has 3 rings (SSSR count). The molecule has 0 bridgehead atoms. The Labute approximate surface area is 133 Å². The minimum absolute atomic E-state index is 0.168. The van der Waals surface area contributed by atoms with Crippen LogP contribution in [-0.4, -0.2) is 20.4 Å². The molecule has 0 spiro atoms. The molecule has 0 atom stereocenters. The van der Waals surface area contributed by atoms with Crippen molar-refractivity contribution in [1.29, 1.82) is 0 Å². The number of imidazole rings is 1. The van der Waals surface area contributed by atoms with Crippen LogP contribution in [0.2, 0.25) is 0 Å². The first-order valence-corrected chi connectivity index (χ1v) is 7.38. The molecule has 5 nitrogen and oxygen atoms in total. The van der Waals surface area contributed by atoms with E-state index in [2.05, 4.69) is 15.3 Å². The van der Waals surface area contributed by atoms with Gasteiger partial charge >= 0.3 is 0 Å². The average Bonchev–Trinajstić information content (AvgIpc) is 2.96. The van der Waals surface area contributed by atoms with Gasteiger partial charge in [-0.3, -0.25) is 4.79 Å². The Morgan fingerprint density at radius 3 is 2.83 bits per heavy atom. The van der Waals surface area contributed by atoms with Gasteiger partial charge in [0, 0.05) is 24.9 Å². The van der Waals surface area contributed by atoms with Gasteiger partial charge in [-0.1, -0.05) is 0 Å². The molecule has 0 aliphatic rings. The molecule has 0 fully saturated rings. The van der Waals surface area contributed by atoms with Gasteiger partial charge in [0.15, 0.2) is 0 Å². The van der Waals surface area contributed by atoms with E-state index >= 15 is 0 Å². The van der Waals surface area contributed by atoms with Crippen LogP contribution in [0.1, 0.15) is 19.4 Å². The van der Waals surface area contributed by atoms with Gasteiger partial charge in [-0.15, -0.1) is 0 Å². The number of fused-ring (bicyclic) bond motifs is 1. The highest BCUT2D eigenvalue weighted by Crippen LogP contribution is 2.28. The van der Waals surface area contributed by atoms with Gasteiger partial charge < -0.3 is 9.88 Å². The Morgan fingerprint density at radius 2 is 2.13 bits per heavy atom. The minimum Gasteiger partial charge on any atom is -0.330 e. The summed E-state index contributed by atoms with van der Waals surface area (Å²) in [5.41, 5.74) is 3.32. The number of hydrogen-bond donors (Lipinski definition) is 1. The van der Waals surface area contributed by atoms with Crippen LogP contribution in [0.5, 0.6) is 0 Å². The number of rotatable bonds is 3. The molecule has 1 amide bonds. The second kappa shape index (κ2) is 5.79. The van der Waals surface area contributed by atoms with Gasteiger partial charge in [-0.25, -0.2) is 14.4 Å². The van der Waals surface area contributed by atoms with Crippen LogP contribution >= 0.6 is 0 Å². The fourth-order valence-electron chi connectivity index (χ4n) is 2.62. The van der Waals surface area contributed by atoms with E-state index in [1.807, 2.05) is 24.5 Å². The summed E-state index contributed by atoms with van der Waals surface area (Å²) < 4.78 is 16.1. The van der Waals surface area contributed by atoms with Crippen LogP contribution in [0.15, 0.2) is 30.7 Å². The number of aromatic nitrogens is 3. The SMILES string of the molecule is CCn1cncc1-c1cc(C)c2cc(NC(C)=O)c(F)cc2n1. The van der Waals surface area contributed by atoms with Crippen molar-refractivity contribution in [2.24, 2.45) is 0 Å². The standard InChI is InChI=1S/C17H17FN4O/c1-4-22-9-19-8-17(22)16-5-10(2)12-6-15(20-11(3)23)13(18)7-14(12)21-16/h5-9H,4H2,1-3H3,(H,20,23). The maximum absolute atomic E-state index is 14.2. The minimum atomic E-state index is -0.499. The Morgan fingerprint density at radius 1 is 1.35 bits per heavy atom. The lowest BCUT2D eigenvalue weighted by atomic mass is 10.1. The summed E-state index contributed by atoms with van der Waals surface area (Å²) in [5.74, 6) is -0.807. The van der Waals surface area contributed by atoms with Gasteiger partial charge in [0.2, 0.25) is 5.91 Å². The van der Waals surface area contributed by atoms with Crippen LogP contribution in [0.4, 0.5) is 10.1 Å². The Hall–Kier alpha value is -2.76. The number of anilines is 1. The van der Waals surface area contributed by atoms with E-state index in [9.17, 15) is 9.18 Å². The van der Waals surface area contributed by atoms with Gasteiger partial charge in [0.1, 0.15) is 5.82 Å². The topological polar surface area (TPSA) is 59.8 Å². The predicted octanol–water partition coefficient (Wildman–Crippen LogP) is 3.52. The highest BCUT2D eigenvalue weighted by atomic mass is 19.1. The number of amides is 1. The van der Waals surface area contributed by atoms with E-state index < -0.39 is 5.82 Å². The predicted molar refractivity (Wildman–Crippen MR) is 87.6 cm³/mol. The van der Waals surface area contributed by atoms with Crippen LogP contribution in [-0.2, 0) is 11.3 Å². The third-order valence-electron chi connectivity index (χ3n) is 3.73. The van der Waals surface area contributed by atoms with Crippen molar-refractivity contribution in [3.8, 4) is 11.4 Å². The van der Waals surface area contributed by atoms with E-state index in [1.165, 1.54) is 13.0 Å². The summed E-state index contributed by atoms with van der Waals surface area (Å²) in [6, 6.07) is 4.92. The molecule has 3 aromatic rings. The number of aryl methyl sites for hydroxylation is 2. The number of nitrogens with zero attached hydrogens (tertiary/aromatic N) is 3. The van der Waals surface area contributed by atoms with E-state index in [-0.39, 0.29) is 11.6 Å². The summed E-state index contributed by atoms with van der Waals surface area (Å²) in [6.45, 7) is 6.10. The number of pyridine rings is 1. The lowest BCUT2D eigenvalue weighted by Gasteiger charge is -2.11. The lowest BCUT2D eigenvalue weighted by Crippen LogP contribution is -2.07. The number of carbonyl (C=O) groups is 1. The first-order valence-electron chi connectivity index (χ1n) is 7.38. The molecule has 2 heterocycles. The zero-order valence-corrected chi connectivity index (χ0v) is 13.2. The lowest BCUT2D eigenvalue weighted by molar-refractivity contribution is -0.114. The Kier molecular flexibility index (Phi) is 3.82. The monoisotopic (exact) mass is 312 g/mol. The number of benzene rings is 1. The molecular formula is C17H17FN4O. The van der Waals surface area contributed by atoms with Gasteiger partial charge in [-0.2, -0.15) is 0 Å². The molecule has 6 heteroatoms. The van der Waals surface area contributed by atoms with Crippen LogP contribution in [0, 0.1) is 12.7 Å². The highest BCUT2D eigenvalue weighted by Gasteiger charge is 2.12. The smallest absolute Gasteiger partial charge is 0.221 e. The van der Waals surface area contributed by atoms with Gasteiger partial charge in [0.25, 0.3) is 0 Å². The van der Waals surface area contributed by atoms with Crippen LogP contribution in [0.3, 0.4) is 0 Å². The third kappa shape index (κ3) is 2.79. The fraction of sp³-hybridized carbons (Fsp3) is 0.235. The van der Waals surface area contributed by atoms with Crippen LogP contribution < -0.4 is 5.32 Å². The van der Waals surface area contributed by atoms with Crippen molar-refractivity contribution >= 4 is 22.5 Å². The average molecular weight is 312 g/mol. The number of hydrogen-bond acceptors (Lipinski definition) is 3. The van der Waals surface area contributed by atoms with Crippen molar-refractivity contribution in [2.45, 2.75) is 27.3 Å². The molecule has 0 aliphatic heterocycles. The number of halogens is 1. The maximum Gasteiger partial charge on any atom is 0.221 e. The second-order valence-electron chi connectivity index (χ2n) is 5.42. The summed E-state index contributed by atoms with van der Waals surface area (Å²) in [5, 5.41) is 3.30. The number of carbonyl (C=O) groups excluding carboxylic acids is 1. The normalized spacial score (nSPS) is 11.0. The van der Waals surface area contributed by atoms with E-state index in [0.717, 1.165) is 28.9 Å². The van der Waals surface area contributed by atoms with E-state index in [1.54, 1.807) is 18.6 Å². The van der Waals surface area contributed by atoms with Gasteiger partial charge in [0.05, 0.1) is 35.1 Å². The Bertz CT molecular complexity index is 901. The largest absolute Gasteiger partial charge is 0.330 e. The van der Waals surface area contributed by atoms with E-state index in [4.69, 9.17) is 0 Å². The highest BCUT2D eigenvalue weighted by molar-refractivity contribution is 5.94. The maximum atomic E-state index is 14.2. The van der Waals surface area contributed by atoms with Crippen LogP contribution in [0.25, 0.3) is 22.3 Å². The molecule has 118 valence electrons. The molecule has 0 aliphatic carbocycles. The molecule has 0 saturated heterocycles. The van der Waals surface area contributed by atoms with Gasteiger partial charge in [-0.05, 0) is 31.5 Å². The first kappa shape index (κ1) is 15.1. The van der Waals surface area contributed by atoms with Crippen molar-refractivity contribution < 1.29 is 9.18 Å². The zero-order chi connectivity index (χ0) is 16.6. The summed E-state index contributed by atoms with van der Waals surface area (Å²) >= 11 is 0. The van der Waals surface area contributed by atoms with Crippen molar-refractivity contribution in [3.63, 3.8) is 0 Å². The first-order chi connectivity index (χ1) is 11.0. The summed E-state index contributed by atoms with van der Waals surface area (Å²) in [7, 11) is 0. The number of nitrogens with one attached hydrogen (secondary N) is 1. The zero-order valence-electron chi connectivity index (χ0n) is 13.2. The van der Waals surface area contributed by atoms with Crippen molar-refractivity contribution in [2.75, 3.05) is 5.32 Å². The summed E-state index contributed by atoms with van der Waals surface area (Å²) in [4.78, 5) is 19.9. The third-order valence-corrected chi connectivity index (χ3v) is 3.73. The second-order valence-corrected chi connectivity index (χ2v) is 5.42. The van der Waals surface area contributed by atoms with Crippen molar-refractivity contribution in [3.05, 3.63) is 42.1 Å². The van der Waals surface area contributed by atoms with E-state index in [0.29, 0.717) is 5.52 Å².